The van der Waals surface area contributed by atoms with Crippen molar-refractivity contribution in [1.82, 2.24) is 4.57 Å². The third kappa shape index (κ3) is 3.64. The normalized spacial score (nSPS) is 19.3. The zero-order chi connectivity index (χ0) is 21.7. The Morgan fingerprint density at radius 2 is 1.91 bits per heavy atom. The van der Waals surface area contributed by atoms with Crippen molar-refractivity contribution in [3.05, 3.63) is 54.2 Å². The fraction of sp³-hybridized carbons (Fsp3) is 0.444. The summed E-state index contributed by atoms with van der Waals surface area (Å²) in [5, 5.41) is 4.31. The number of methoxy groups -OCH3 is 1. The fourth-order valence-electron chi connectivity index (χ4n) is 5.25. The van der Waals surface area contributed by atoms with E-state index in [1.165, 1.54) is 44.0 Å². The van der Waals surface area contributed by atoms with Crippen LogP contribution in [0.25, 0.3) is 10.9 Å². The Labute approximate surface area is 189 Å². The van der Waals surface area contributed by atoms with E-state index in [9.17, 15) is 4.79 Å². The van der Waals surface area contributed by atoms with E-state index < -0.39 is 0 Å². The molecule has 1 aliphatic heterocycles. The highest BCUT2D eigenvalue weighted by molar-refractivity contribution is 6.11. The van der Waals surface area contributed by atoms with Crippen molar-refractivity contribution >= 4 is 28.2 Å². The summed E-state index contributed by atoms with van der Waals surface area (Å²) >= 11 is 0. The number of fused-ring (bicyclic) bond motifs is 1. The van der Waals surface area contributed by atoms with Crippen LogP contribution in [0.5, 0.6) is 5.75 Å². The number of hydrogen-bond donors (Lipinski definition) is 1. The van der Waals surface area contributed by atoms with Crippen LogP contribution in [0.15, 0.2) is 48.7 Å². The van der Waals surface area contributed by atoms with Gasteiger partial charge in [0.15, 0.2) is 0 Å². The van der Waals surface area contributed by atoms with Gasteiger partial charge in [0.1, 0.15) is 5.75 Å². The first kappa shape index (κ1) is 19.7. The molecule has 2 aliphatic carbocycles. The van der Waals surface area contributed by atoms with Crippen molar-refractivity contribution in [2.45, 2.75) is 45.1 Å². The third-order valence-corrected chi connectivity index (χ3v) is 7.79. The number of piperidine rings is 1. The molecule has 5 nitrogen and oxygen atoms in total. The van der Waals surface area contributed by atoms with Crippen LogP contribution in [0.4, 0.5) is 11.4 Å². The summed E-state index contributed by atoms with van der Waals surface area (Å²) < 4.78 is 7.81. The van der Waals surface area contributed by atoms with Gasteiger partial charge in [-0.15, -0.1) is 0 Å². The zero-order valence-electron chi connectivity index (χ0n) is 18.8. The van der Waals surface area contributed by atoms with Gasteiger partial charge < -0.3 is 19.5 Å². The van der Waals surface area contributed by atoms with Crippen LogP contribution in [0.2, 0.25) is 0 Å². The van der Waals surface area contributed by atoms with Crippen LogP contribution in [-0.4, -0.2) is 30.7 Å². The van der Waals surface area contributed by atoms with Gasteiger partial charge in [0.2, 0.25) is 0 Å². The zero-order valence-corrected chi connectivity index (χ0v) is 18.8. The SMILES string of the molecule is COc1ccc(C(=O)Nc2cccc3c2ccn3CC2CC2)c(N2CCC3(CC2)CC3)c1. The number of carbonyl (C=O) groups excluding carboxylic acids is 1. The van der Waals surface area contributed by atoms with Crippen LogP contribution in [0, 0.1) is 11.3 Å². The van der Waals surface area contributed by atoms with Crippen molar-refractivity contribution in [2.75, 3.05) is 30.4 Å². The molecule has 5 heteroatoms. The molecule has 2 aromatic carbocycles. The number of rotatable bonds is 6. The summed E-state index contributed by atoms with van der Waals surface area (Å²) in [6.45, 7) is 3.08. The first-order chi connectivity index (χ1) is 15.6. The maximum Gasteiger partial charge on any atom is 0.257 e. The van der Waals surface area contributed by atoms with Gasteiger partial charge >= 0.3 is 0 Å². The van der Waals surface area contributed by atoms with Gasteiger partial charge in [0, 0.05) is 37.3 Å². The Bertz CT molecular complexity index is 1160. The number of carbonyl (C=O) groups is 1. The second-order valence-corrected chi connectivity index (χ2v) is 9.97. The van der Waals surface area contributed by atoms with E-state index in [4.69, 9.17) is 4.74 Å². The molecule has 166 valence electrons. The first-order valence-corrected chi connectivity index (χ1v) is 12.0. The minimum Gasteiger partial charge on any atom is -0.497 e. The molecule has 1 spiro atoms. The van der Waals surface area contributed by atoms with Crippen LogP contribution in [0.3, 0.4) is 0 Å². The lowest BCUT2D eigenvalue weighted by molar-refractivity contribution is 0.102. The Balaban J connectivity index is 1.28. The van der Waals surface area contributed by atoms with Crippen molar-refractivity contribution in [1.29, 1.82) is 0 Å². The van der Waals surface area contributed by atoms with Gasteiger partial charge in [-0.1, -0.05) is 6.07 Å². The summed E-state index contributed by atoms with van der Waals surface area (Å²) in [4.78, 5) is 15.8. The number of aromatic nitrogens is 1. The van der Waals surface area contributed by atoms with E-state index >= 15 is 0 Å². The standard InChI is InChI=1S/C27H31N3O2/c1-32-20-7-8-22(25(17-20)29-15-12-27(10-11-27)13-16-29)26(31)28-23-3-2-4-24-21(23)9-14-30(24)18-19-5-6-19/h2-4,7-9,14,17,19H,5-6,10-13,15-16,18H2,1H3,(H,28,31). The molecule has 1 saturated heterocycles. The summed E-state index contributed by atoms with van der Waals surface area (Å²) in [5.41, 5.74) is 4.36. The summed E-state index contributed by atoms with van der Waals surface area (Å²) in [5.74, 6) is 1.55. The average molecular weight is 430 g/mol. The van der Waals surface area contributed by atoms with Gasteiger partial charge in [-0.25, -0.2) is 0 Å². The monoisotopic (exact) mass is 429 g/mol. The molecule has 2 saturated carbocycles. The molecular formula is C27H31N3O2. The molecule has 0 radical (unpaired) electrons. The van der Waals surface area contributed by atoms with E-state index in [-0.39, 0.29) is 5.91 Å². The molecule has 3 aliphatic rings. The van der Waals surface area contributed by atoms with Gasteiger partial charge in [-0.05, 0) is 80.2 Å². The van der Waals surface area contributed by atoms with Crippen LogP contribution < -0.4 is 15.0 Å². The van der Waals surface area contributed by atoms with Gasteiger partial charge in [0.05, 0.1) is 29.6 Å². The van der Waals surface area contributed by atoms with E-state index in [2.05, 4.69) is 33.1 Å². The van der Waals surface area contributed by atoms with E-state index in [1.54, 1.807) is 7.11 Å². The number of nitrogens with zero attached hydrogens (tertiary/aromatic N) is 2. The predicted octanol–water partition coefficient (Wildman–Crippen LogP) is 5.69. The van der Waals surface area contributed by atoms with E-state index in [0.717, 1.165) is 48.1 Å². The smallest absolute Gasteiger partial charge is 0.257 e. The lowest BCUT2D eigenvalue weighted by atomic mass is 9.93. The number of hydrogen-bond acceptors (Lipinski definition) is 3. The summed E-state index contributed by atoms with van der Waals surface area (Å²) in [6.07, 6.45) is 9.99. The second-order valence-electron chi connectivity index (χ2n) is 9.97. The van der Waals surface area contributed by atoms with E-state index in [0.29, 0.717) is 11.0 Å². The summed E-state index contributed by atoms with van der Waals surface area (Å²) in [6, 6.07) is 14.1. The fourth-order valence-corrected chi connectivity index (χ4v) is 5.25. The highest BCUT2D eigenvalue weighted by Gasteiger charge is 2.44. The van der Waals surface area contributed by atoms with Gasteiger partial charge in [-0.2, -0.15) is 0 Å². The van der Waals surface area contributed by atoms with Crippen LogP contribution in [0.1, 0.15) is 48.9 Å². The Hall–Kier alpha value is -2.95. The van der Waals surface area contributed by atoms with E-state index in [1.807, 2.05) is 30.3 Å². The lowest BCUT2D eigenvalue weighted by Crippen LogP contribution is -2.35. The van der Waals surface area contributed by atoms with Crippen molar-refractivity contribution < 1.29 is 9.53 Å². The van der Waals surface area contributed by atoms with Crippen molar-refractivity contribution in [3.8, 4) is 5.75 Å². The van der Waals surface area contributed by atoms with Crippen molar-refractivity contribution in [3.63, 3.8) is 0 Å². The molecule has 3 aromatic rings. The quantitative estimate of drug-likeness (QED) is 0.547. The maximum atomic E-state index is 13.5. The highest BCUT2D eigenvalue weighted by Crippen LogP contribution is 2.54. The van der Waals surface area contributed by atoms with Crippen LogP contribution >= 0.6 is 0 Å². The minimum atomic E-state index is -0.0585. The molecular weight excluding hydrogens is 398 g/mol. The predicted molar refractivity (Wildman–Crippen MR) is 129 cm³/mol. The van der Waals surface area contributed by atoms with Crippen molar-refractivity contribution in [2.24, 2.45) is 11.3 Å². The molecule has 0 atom stereocenters. The molecule has 0 bridgehead atoms. The number of anilines is 2. The molecule has 2 heterocycles. The van der Waals surface area contributed by atoms with Gasteiger partial charge in [0.25, 0.3) is 5.91 Å². The first-order valence-electron chi connectivity index (χ1n) is 12.0. The Morgan fingerprint density at radius 3 is 2.62 bits per heavy atom. The maximum absolute atomic E-state index is 13.5. The molecule has 1 aromatic heterocycles. The lowest BCUT2D eigenvalue weighted by Gasteiger charge is -2.35. The Morgan fingerprint density at radius 1 is 1.09 bits per heavy atom. The highest BCUT2D eigenvalue weighted by atomic mass is 16.5. The largest absolute Gasteiger partial charge is 0.497 e. The molecule has 6 rings (SSSR count). The molecule has 1 amide bonds. The second kappa shape index (κ2) is 7.58. The molecule has 0 unspecified atom stereocenters. The third-order valence-electron chi connectivity index (χ3n) is 7.79. The van der Waals surface area contributed by atoms with Crippen LogP contribution in [-0.2, 0) is 6.54 Å². The minimum absolute atomic E-state index is 0.0585. The molecule has 1 N–H and O–H groups in total. The number of ether oxygens (including phenoxy) is 1. The number of benzene rings is 2. The summed E-state index contributed by atoms with van der Waals surface area (Å²) in [7, 11) is 1.68. The number of amides is 1. The van der Waals surface area contributed by atoms with Gasteiger partial charge in [-0.3, -0.25) is 4.79 Å². The topological polar surface area (TPSA) is 46.5 Å². The Kier molecular flexibility index (Phi) is 4.67. The molecule has 32 heavy (non-hydrogen) atoms. The number of nitrogens with one attached hydrogen (secondary N) is 1. The average Bonchev–Trinajstić information content (AvgIpc) is 3.74. The molecule has 3 fully saturated rings.